The monoisotopic (exact) mass is 460 g/mol. The van der Waals surface area contributed by atoms with Crippen molar-refractivity contribution in [3.8, 4) is 0 Å². The van der Waals surface area contributed by atoms with Gasteiger partial charge >= 0.3 is 11.9 Å². The average Bonchev–Trinajstić information content (AvgIpc) is 2.79. The van der Waals surface area contributed by atoms with Crippen LogP contribution in [-0.4, -0.2) is 23.1 Å². The summed E-state index contributed by atoms with van der Waals surface area (Å²) in [5.74, 6) is -0.925. The molecule has 1 N–H and O–H groups in total. The van der Waals surface area contributed by atoms with Crippen molar-refractivity contribution < 1.29 is 19.4 Å². The van der Waals surface area contributed by atoms with E-state index in [1.54, 1.807) is 0 Å². The summed E-state index contributed by atoms with van der Waals surface area (Å²) < 4.78 is 5.61. The lowest BCUT2D eigenvalue weighted by molar-refractivity contribution is -0.150. The highest BCUT2D eigenvalue weighted by atomic mass is 16.5. The molecule has 33 heavy (non-hydrogen) atoms. The van der Waals surface area contributed by atoms with Crippen LogP contribution in [-0.2, 0) is 14.3 Å². The third-order valence-corrected chi connectivity index (χ3v) is 5.32. The highest BCUT2D eigenvalue weighted by molar-refractivity contribution is 5.69. The molecule has 0 aromatic heterocycles. The van der Waals surface area contributed by atoms with Crippen LogP contribution in [0.25, 0.3) is 0 Å². The summed E-state index contributed by atoms with van der Waals surface area (Å²) in [6.07, 6.45) is 31.7. The zero-order valence-corrected chi connectivity index (χ0v) is 21.2. The molecule has 0 radical (unpaired) electrons. The van der Waals surface area contributed by atoms with Crippen LogP contribution in [0.15, 0.2) is 48.6 Å². The highest BCUT2D eigenvalue weighted by Crippen LogP contribution is 2.15. The van der Waals surface area contributed by atoms with Gasteiger partial charge in [-0.1, -0.05) is 88.1 Å². The molecule has 0 aliphatic carbocycles. The van der Waals surface area contributed by atoms with Gasteiger partial charge in [0, 0.05) is 12.8 Å². The van der Waals surface area contributed by atoms with Crippen LogP contribution in [0, 0.1) is 0 Å². The molecule has 0 spiro atoms. The fourth-order valence-corrected chi connectivity index (χ4v) is 3.40. The minimum Gasteiger partial charge on any atom is -0.481 e. The fourth-order valence-electron chi connectivity index (χ4n) is 3.40. The topological polar surface area (TPSA) is 63.6 Å². The first-order valence-corrected chi connectivity index (χ1v) is 13.1. The van der Waals surface area contributed by atoms with Gasteiger partial charge < -0.3 is 9.84 Å². The summed E-state index contributed by atoms with van der Waals surface area (Å²) in [5.41, 5.74) is 0. The lowest BCUT2D eigenvalue weighted by atomic mass is 10.1. The lowest BCUT2D eigenvalue weighted by Crippen LogP contribution is -2.18. The third-order valence-electron chi connectivity index (χ3n) is 5.32. The Hall–Kier alpha value is -2.10. The quantitative estimate of drug-likeness (QED) is 0.0999. The van der Waals surface area contributed by atoms with Gasteiger partial charge in [0.1, 0.15) is 6.10 Å². The van der Waals surface area contributed by atoms with Gasteiger partial charge in [-0.25, -0.2) is 0 Å². The van der Waals surface area contributed by atoms with Crippen molar-refractivity contribution in [1.82, 2.24) is 0 Å². The molecule has 1 atom stereocenters. The van der Waals surface area contributed by atoms with Crippen LogP contribution in [0.2, 0.25) is 0 Å². The summed E-state index contributed by atoms with van der Waals surface area (Å²) in [6, 6.07) is 0. The molecular weight excluding hydrogens is 412 g/mol. The highest BCUT2D eigenvalue weighted by Gasteiger charge is 2.14. The van der Waals surface area contributed by atoms with Gasteiger partial charge in [-0.05, 0) is 64.2 Å². The Morgan fingerprint density at radius 1 is 0.697 bits per heavy atom. The molecule has 0 aliphatic rings. The maximum absolute atomic E-state index is 12.1. The van der Waals surface area contributed by atoms with Gasteiger partial charge in [0.15, 0.2) is 0 Å². The van der Waals surface area contributed by atoms with Crippen molar-refractivity contribution in [3.63, 3.8) is 0 Å². The summed E-state index contributed by atoms with van der Waals surface area (Å²) in [5, 5.41) is 8.78. The molecule has 0 saturated carbocycles. The molecule has 1 unspecified atom stereocenters. The fraction of sp³-hybridized carbons (Fsp3) is 0.655. The zero-order chi connectivity index (χ0) is 24.4. The molecule has 0 saturated heterocycles. The van der Waals surface area contributed by atoms with E-state index in [1.165, 1.54) is 0 Å². The first-order chi connectivity index (χ1) is 16.1. The summed E-state index contributed by atoms with van der Waals surface area (Å²) in [4.78, 5) is 22.8. The standard InChI is InChI=1S/C29H48O4/c1-3-5-7-8-9-10-11-12-13-14-15-16-17-18-19-20-21-26-29(32)33-27(23-6-4-2)24-22-25-28(30)31/h5,7,9-10,12-13,15-16,27H,3-4,6,8,11,14,17-26H2,1-2H3,(H,30,31)/b7-5-,10-9-,13-12-,16-15-. The number of allylic oxidation sites excluding steroid dienone is 8. The zero-order valence-electron chi connectivity index (χ0n) is 21.2. The van der Waals surface area contributed by atoms with Gasteiger partial charge in [0.05, 0.1) is 0 Å². The normalized spacial score (nSPS) is 13.0. The number of rotatable bonds is 22. The van der Waals surface area contributed by atoms with Crippen molar-refractivity contribution in [3.05, 3.63) is 48.6 Å². The van der Waals surface area contributed by atoms with Crippen LogP contribution in [0.1, 0.15) is 117 Å². The number of esters is 1. The molecule has 4 nitrogen and oxygen atoms in total. The number of ether oxygens (including phenoxy) is 1. The van der Waals surface area contributed by atoms with E-state index >= 15 is 0 Å². The van der Waals surface area contributed by atoms with Gasteiger partial charge in [0.2, 0.25) is 0 Å². The number of carboxylic acid groups (broad SMARTS) is 1. The van der Waals surface area contributed by atoms with E-state index in [0.717, 1.165) is 77.0 Å². The molecule has 0 heterocycles. The van der Waals surface area contributed by atoms with E-state index < -0.39 is 5.97 Å². The number of hydrogen-bond donors (Lipinski definition) is 1. The first kappa shape index (κ1) is 30.9. The van der Waals surface area contributed by atoms with E-state index in [2.05, 4.69) is 62.5 Å². The minimum absolute atomic E-state index is 0.130. The van der Waals surface area contributed by atoms with Crippen molar-refractivity contribution in [2.24, 2.45) is 0 Å². The molecule has 0 aromatic carbocycles. The Kier molecular flexibility index (Phi) is 23.0. The largest absolute Gasteiger partial charge is 0.481 e. The second kappa shape index (κ2) is 24.5. The number of carboxylic acids is 1. The van der Waals surface area contributed by atoms with Gasteiger partial charge in [-0.15, -0.1) is 0 Å². The van der Waals surface area contributed by atoms with E-state index in [9.17, 15) is 9.59 Å². The predicted octanol–water partition coefficient (Wildman–Crippen LogP) is 8.49. The number of aliphatic carboxylic acids is 1. The van der Waals surface area contributed by atoms with E-state index in [1.807, 2.05) is 0 Å². The Morgan fingerprint density at radius 2 is 1.27 bits per heavy atom. The third kappa shape index (κ3) is 24.4. The molecule has 188 valence electrons. The van der Waals surface area contributed by atoms with E-state index in [0.29, 0.717) is 19.3 Å². The van der Waals surface area contributed by atoms with Crippen molar-refractivity contribution >= 4 is 11.9 Å². The molecule has 0 amide bonds. The van der Waals surface area contributed by atoms with Gasteiger partial charge in [0.25, 0.3) is 0 Å². The summed E-state index contributed by atoms with van der Waals surface area (Å²) in [7, 11) is 0. The van der Waals surface area contributed by atoms with Crippen LogP contribution >= 0.6 is 0 Å². The molecular formula is C29H48O4. The Balaban J connectivity index is 3.72. The van der Waals surface area contributed by atoms with Crippen molar-refractivity contribution in [1.29, 1.82) is 0 Å². The van der Waals surface area contributed by atoms with Crippen LogP contribution in [0.4, 0.5) is 0 Å². The molecule has 0 fully saturated rings. The molecule has 4 heteroatoms. The SMILES string of the molecule is CC/C=C\C/C=C\C/C=C\C/C=C\CCCCCCC(=O)OC(CCCC)CCCC(=O)O. The van der Waals surface area contributed by atoms with Crippen LogP contribution in [0.5, 0.6) is 0 Å². The predicted molar refractivity (Wildman–Crippen MR) is 139 cm³/mol. The Bertz CT molecular complexity index is 586. The molecule has 0 aromatic rings. The second-order valence-corrected chi connectivity index (χ2v) is 8.49. The molecule has 0 bridgehead atoms. The van der Waals surface area contributed by atoms with E-state index in [4.69, 9.17) is 9.84 Å². The maximum Gasteiger partial charge on any atom is 0.306 e. The van der Waals surface area contributed by atoms with Crippen LogP contribution in [0.3, 0.4) is 0 Å². The Labute approximate surface area is 202 Å². The van der Waals surface area contributed by atoms with Gasteiger partial charge in [-0.3, -0.25) is 9.59 Å². The Morgan fingerprint density at radius 3 is 1.88 bits per heavy atom. The molecule has 0 aliphatic heterocycles. The van der Waals surface area contributed by atoms with Crippen molar-refractivity contribution in [2.45, 2.75) is 123 Å². The average molecular weight is 461 g/mol. The number of unbranched alkanes of at least 4 members (excludes halogenated alkanes) is 5. The first-order valence-electron chi connectivity index (χ1n) is 13.1. The molecule has 0 rings (SSSR count). The number of carbonyl (C=O) groups excluding carboxylic acids is 1. The van der Waals surface area contributed by atoms with Crippen molar-refractivity contribution in [2.75, 3.05) is 0 Å². The smallest absolute Gasteiger partial charge is 0.306 e. The number of carbonyl (C=O) groups is 2. The van der Waals surface area contributed by atoms with Crippen LogP contribution < -0.4 is 0 Å². The van der Waals surface area contributed by atoms with E-state index in [-0.39, 0.29) is 18.5 Å². The summed E-state index contributed by atoms with van der Waals surface area (Å²) >= 11 is 0. The maximum atomic E-state index is 12.1. The number of hydrogen-bond acceptors (Lipinski definition) is 3. The summed E-state index contributed by atoms with van der Waals surface area (Å²) in [6.45, 7) is 4.26. The van der Waals surface area contributed by atoms with Gasteiger partial charge in [-0.2, -0.15) is 0 Å². The lowest BCUT2D eigenvalue weighted by Gasteiger charge is -2.17. The minimum atomic E-state index is -0.791. The second-order valence-electron chi connectivity index (χ2n) is 8.49.